The van der Waals surface area contributed by atoms with Crippen LogP contribution in [0, 0.1) is 10.1 Å². The summed E-state index contributed by atoms with van der Waals surface area (Å²) in [5, 5.41) is 16.4. The molecule has 0 aromatic heterocycles. The summed E-state index contributed by atoms with van der Waals surface area (Å²) in [4.78, 5) is 33.9. The van der Waals surface area contributed by atoms with Crippen LogP contribution in [-0.4, -0.2) is 16.7 Å². The van der Waals surface area contributed by atoms with Crippen molar-refractivity contribution in [1.82, 2.24) is 0 Å². The van der Waals surface area contributed by atoms with Crippen molar-refractivity contribution >= 4 is 40.5 Å². The van der Waals surface area contributed by atoms with Gasteiger partial charge in [0.05, 0.1) is 15.5 Å². The van der Waals surface area contributed by atoms with E-state index in [2.05, 4.69) is 10.6 Å². The van der Waals surface area contributed by atoms with Crippen LogP contribution in [0.15, 0.2) is 36.4 Å². The fourth-order valence-corrected chi connectivity index (χ4v) is 2.66. The summed E-state index contributed by atoms with van der Waals surface area (Å²) >= 11 is 5.96. The van der Waals surface area contributed by atoms with Gasteiger partial charge in [-0.25, -0.2) is 0 Å². The Kier molecular flexibility index (Phi) is 4.18. The highest BCUT2D eigenvalue weighted by atomic mass is 35.5. The molecule has 0 bridgehead atoms. The number of amides is 2. The number of aryl methyl sites for hydroxylation is 1. The summed E-state index contributed by atoms with van der Waals surface area (Å²) in [5.74, 6) is -0.578. The van der Waals surface area contributed by atoms with Gasteiger partial charge in [-0.2, -0.15) is 0 Å². The Hall–Kier alpha value is -2.93. The Balaban J connectivity index is 1.84. The van der Waals surface area contributed by atoms with Crippen LogP contribution < -0.4 is 10.6 Å². The third-order valence-corrected chi connectivity index (χ3v) is 3.99. The van der Waals surface area contributed by atoms with Crippen LogP contribution in [0.4, 0.5) is 17.1 Å². The summed E-state index contributed by atoms with van der Waals surface area (Å²) < 4.78 is 0. The molecule has 1 aliphatic rings. The number of nitrogens with one attached hydrogen (secondary N) is 2. The number of nitro benzene ring substituents is 1. The standard InChI is InChI=1S/C16H12ClN3O4/c17-13-4-3-11(20(23)24)8-12(13)16(22)18-10-2-5-14-9(7-10)1-6-15(21)19-14/h2-5,7-8H,1,6H2,(H,18,22)(H,19,21). The first-order chi connectivity index (χ1) is 11.4. The Morgan fingerprint density at radius 3 is 2.75 bits per heavy atom. The molecule has 0 aliphatic carbocycles. The van der Waals surface area contributed by atoms with E-state index in [1.54, 1.807) is 18.2 Å². The Morgan fingerprint density at radius 2 is 2.00 bits per heavy atom. The van der Waals surface area contributed by atoms with E-state index >= 15 is 0 Å². The maximum Gasteiger partial charge on any atom is 0.270 e. The predicted octanol–water partition coefficient (Wildman–Crippen LogP) is 3.39. The molecule has 1 heterocycles. The van der Waals surface area contributed by atoms with Gasteiger partial charge in [-0.05, 0) is 36.2 Å². The van der Waals surface area contributed by atoms with E-state index in [0.717, 1.165) is 17.3 Å². The zero-order chi connectivity index (χ0) is 17.3. The minimum absolute atomic E-state index is 0.0249. The van der Waals surface area contributed by atoms with Crippen molar-refractivity contribution in [3.05, 3.63) is 62.7 Å². The third-order valence-electron chi connectivity index (χ3n) is 3.66. The molecular formula is C16H12ClN3O4. The van der Waals surface area contributed by atoms with Gasteiger partial charge in [0.1, 0.15) is 0 Å². The van der Waals surface area contributed by atoms with Gasteiger partial charge in [-0.3, -0.25) is 19.7 Å². The molecule has 0 atom stereocenters. The van der Waals surface area contributed by atoms with Crippen molar-refractivity contribution in [3.63, 3.8) is 0 Å². The van der Waals surface area contributed by atoms with Crippen LogP contribution >= 0.6 is 11.6 Å². The SMILES string of the molecule is O=C1CCc2cc(NC(=O)c3cc([N+](=O)[O-])ccc3Cl)ccc2N1. The van der Waals surface area contributed by atoms with Crippen LogP contribution in [0.5, 0.6) is 0 Å². The lowest BCUT2D eigenvalue weighted by Crippen LogP contribution is -2.19. The summed E-state index contributed by atoms with van der Waals surface area (Å²) in [6.45, 7) is 0. The second kappa shape index (κ2) is 6.29. The maximum atomic E-state index is 12.3. The van der Waals surface area contributed by atoms with Crippen LogP contribution in [-0.2, 0) is 11.2 Å². The van der Waals surface area contributed by atoms with E-state index in [1.165, 1.54) is 12.1 Å². The van der Waals surface area contributed by atoms with Crippen LogP contribution in [0.25, 0.3) is 0 Å². The Morgan fingerprint density at radius 1 is 1.21 bits per heavy atom. The normalized spacial score (nSPS) is 13.0. The molecule has 0 saturated heterocycles. The molecule has 0 saturated carbocycles. The Labute approximate surface area is 141 Å². The number of non-ortho nitro benzene ring substituents is 1. The Bertz CT molecular complexity index is 866. The number of benzene rings is 2. The molecule has 2 N–H and O–H groups in total. The minimum atomic E-state index is -0.589. The lowest BCUT2D eigenvalue weighted by molar-refractivity contribution is -0.384. The van der Waals surface area contributed by atoms with E-state index in [1.807, 2.05) is 0 Å². The van der Waals surface area contributed by atoms with Crippen molar-refractivity contribution in [2.24, 2.45) is 0 Å². The van der Waals surface area contributed by atoms with Gasteiger partial charge >= 0.3 is 0 Å². The first kappa shape index (κ1) is 15.9. The molecule has 0 spiro atoms. The number of rotatable bonds is 3. The second-order valence-corrected chi connectivity index (χ2v) is 5.70. The van der Waals surface area contributed by atoms with Crippen LogP contribution in [0.1, 0.15) is 22.3 Å². The number of hydrogen-bond donors (Lipinski definition) is 2. The summed E-state index contributed by atoms with van der Waals surface area (Å²) in [6, 6.07) is 8.80. The predicted molar refractivity (Wildman–Crippen MR) is 89.5 cm³/mol. The van der Waals surface area contributed by atoms with E-state index in [0.29, 0.717) is 18.5 Å². The zero-order valence-corrected chi connectivity index (χ0v) is 13.1. The van der Waals surface area contributed by atoms with Crippen molar-refractivity contribution < 1.29 is 14.5 Å². The molecule has 3 rings (SSSR count). The molecule has 24 heavy (non-hydrogen) atoms. The second-order valence-electron chi connectivity index (χ2n) is 5.30. The fourth-order valence-electron chi connectivity index (χ4n) is 2.46. The van der Waals surface area contributed by atoms with Crippen molar-refractivity contribution in [3.8, 4) is 0 Å². The van der Waals surface area contributed by atoms with Crippen molar-refractivity contribution in [1.29, 1.82) is 0 Å². The molecule has 2 aromatic rings. The molecule has 7 nitrogen and oxygen atoms in total. The van der Waals surface area contributed by atoms with E-state index in [4.69, 9.17) is 11.6 Å². The summed E-state index contributed by atoms with van der Waals surface area (Å²) in [6.07, 6.45) is 0.976. The first-order valence-electron chi connectivity index (χ1n) is 7.12. The van der Waals surface area contributed by atoms with E-state index in [9.17, 15) is 19.7 Å². The molecule has 1 aliphatic heterocycles. The number of hydrogen-bond acceptors (Lipinski definition) is 4. The van der Waals surface area contributed by atoms with Gasteiger partial charge in [0.25, 0.3) is 11.6 Å². The average Bonchev–Trinajstić information content (AvgIpc) is 2.55. The highest BCUT2D eigenvalue weighted by Gasteiger charge is 2.18. The smallest absolute Gasteiger partial charge is 0.270 e. The highest BCUT2D eigenvalue weighted by Crippen LogP contribution is 2.27. The van der Waals surface area contributed by atoms with Gasteiger partial charge in [0.15, 0.2) is 0 Å². The topological polar surface area (TPSA) is 101 Å². The number of carbonyl (C=O) groups excluding carboxylic acids is 2. The monoisotopic (exact) mass is 345 g/mol. The number of fused-ring (bicyclic) bond motifs is 1. The summed E-state index contributed by atoms with van der Waals surface area (Å²) in [5.41, 5.74) is 1.97. The lowest BCUT2D eigenvalue weighted by Gasteiger charge is -2.17. The van der Waals surface area contributed by atoms with Crippen LogP contribution in [0.2, 0.25) is 5.02 Å². The number of anilines is 2. The van der Waals surface area contributed by atoms with Gasteiger partial charge in [0.2, 0.25) is 5.91 Å². The quantitative estimate of drug-likeness (QED) is 0.657. The van der Waals surface area contributed by atoms with Crippen molar-refractivity contribution in [2.75, 3.05) is 10.6 Å². The van der Waals surface area contributed by atoms with Gasteiger partial charge < -0.3 is 10.6 Å². The lowest BCUT2D eigenvalue weighted by atomic mass is 10.0. The van der Waals surface area contributed by atoms with Crippen molar-refractivity contribution in [2.45, 2.75) is 12.8 Å². The molecule has 0 unspecified atom stereocenters. The molecular weight excluding hydrogens is 334 g/mol. The van der Waals surface area contributed by atoms with Crippen LogP contribution in [0.3, 0.4) is 0 Å². The van der Waals surface area contributed by atoms with Gasteiger partial charge in [0, 0.05) is 29.9 Å². The largest absolute Gasteiger partial charge is 0.326 e. The molecule has 2 aromatic carbocycles. The molecule has 0 fully saturated rings. The molecule has 8 heteroatoms. The number of halogens is 1. The number of nitrogens with zero attached hydrogens (tertiary/aromatic N) is 1. The number of carbonyl (C=O) groups is 2. The van der Waals surface area contributed by atoms with E-state index < -0.39 is 10.8 Å². The van der Waals surface area contributed by atoms with Gasteiger partial charge in [-0.1, -0.05) is 11.6 Å². The fraction of sp³-hybridized carbons (Fsp3) is 0.125. The van der Waals surface area contributed by atoms with Gasteiger partial charge in [-0.15, -0.1) is 0 Å². The zero-order valence-electron chi connectivity index (χ0n) is 12.3. The third kappa shape index (κ3) is 3.21. The molecule has 122 valence electrons. The van der Waals surface area contributed by atoms with E-state index in [-0.39, 0.29) is 22.2 Å². The average molecular weight is 346 g/mol. The maximum absolute atomic E-state index is 12.3. The minimum Gasteiger partial charge on any atom is -0.326 e. The first-order valence-corrected chi connectivity index (χ1v) is 7.50. The molecule has 2 amide bonds. The number of nitro groups is 1. The molecule has 0 radical (unpaired) electrons. The highest BCUT2D eigenvalue weighted by molar-refractivity contribution is 6.34. The summed E-state index contributed by atoms with van der Waals surface area (Å²) in [7, 11) is 0.